The van der Waals surface area contributed by atoms with Crippen LogP contribution in [0.4, 0.5) is 5.69 Å². The van der Waals surface area contributed by atoms with Gasteiger partial charge in [-0.3, -0.25) is 10.1 Å². The molecule has 3 aromatic carbocycles. The fourth-order valence-corrected chi connectivity index (χ4v) is 3.61. The summed E-state index contributed by atoms with van der Waals surface area (Å²) in [5, 5.41) is 14.8. The molecule has 0 heterocycles. The Morgan fingerprint density at radius 3 is 2.50 bits per heavy atom. The van der Waals surface area contributed by atoms with E-state index in [1.54, 1.807) is 18.2 Å². The number of nitro benzene ring substituents is 1. The van der Waals surface area contributed by atoms with Crippen LogP contribution >= 0.6 is 0 Å². The molecular formula is C22H21N3O6S. The van der Waals surface area contributed by atoms with E-state index in [1.807, 2.05) is 30.3 Å². The molecule has 0 aliphatic rings. The number of sulfonamides is 1. The summed E-state index contributed by atoms with van der Waals surface area (Å²) >= 11 is 0. The van der Waals surface area contributed by atoms with Crippen molar-refractivity contribution in [3.63, 3.8) is 0 Å². The van der Waals surface area contributed by atoms with Crippen molar-refractivity contribution in [1.82, 2.24) is 4.83 Å². The number of hydrazone groups is 1. The maximum absolute atomic E-state index is 12.4. The van der Waals surface area contributed by atoms with Gasteiger partial charge in [-0.2, -0.15) is 13.5 Å². The Morgan fingerprint density at radius 1 is 1.06 bits per heavy atom. The lowest BCUT2D eigenvalue weighted by Crippen LogP contribution is -2.18. The average molecular weight is 455 g/mol. The second-order valence-corrected chi connectivity index (χ2v) is 8.40. The second-order valence-electron chi connectivity index (χ2n) is 6.74. The minimum atomic E-state index is -4.08. The molecule has 0 saturated carbocycles. The quantitative estimate of drug-likeness (QED) is 0.298. The molecule has 10 heteroatoms. The SMILES string of the molecule is COc1ccc(C=NNS(=O)(=O)c2ccc(C)c([N+](=O)[O-])c2)cc1OCc1ccccc1. The summed E-state index contributed by atoms with van der Waals surface area (Å²) in [4.78, 5) is 12.2. The van der Waals surface area contributed by atoms with Gasteiger partial charge in [0.2, 0.25) is 0 Å². The molecule has 0 aliphatic carbocycles. The van der Waals surface area contributed by atoms with E-state index in [1.165, 1.54) is 32.4 Å². The predicted octanol–water partition coefficient (Wildman–Crippen LogP) is 3.80. The zero-order chi connectivity index (χ0) is 23.1. The molecule has 0 fully saturated rings. The molecule has 32 heavy (non-hydrogen) atoms. The minimum absolute atomic E-state index is 0.256. The Labute approximate surface area is 185 Å². The highest BCUT2D eigenvalue weighted by Gasteiger charge is 2.19. The van der Waals surface area contributed by atoms with E-state index in [9.17, 15) is 18.5 Å². The zero-order valence-corrected chi connectivity index (χ0v) is 18.2. The maximum atomic E-state index is 12.4. The molecule has 0 radical (unpaired) electrons. The summed E-state index contributed by atoms with van der Waals surface area (Å²) in [5.41, 5.74) is 1.62. The van der Waals surface area contributed by atoms with Gasteiger partial charge in [-0.25, -0.2) is 4.83 Å². The van der Waals surface area contributed by atoms with Gasteiger partial charge in [-0.15, -0.1) is 0 Å². The average Bonchev–Trinajstić information content (AvgIpc) is 2.78. The first-order chi connectivity index (χ1) is 15.3. The van der Waals surface area contributed by atoms with E-state index in [2.05, 4.69) is 9.93 Å². The molecule has 9 nitrogen and oxygen atoms in total. The van der Waals surface area contributed by atoms with Crippen LogP contribution in [-0.2, 0) is 16.6 Å². The third kappa shape index (κ3) is 5.61. The number of hydrogen-bond donors (Lipinski definition) is 1. The van der Waals surface area contributed by atoms with Crippen molar-refractivity contribution in [3.8, 4) is 11.5 Å². The number of benzene rings is 3. The lowest BCUT2D eigenvalue weighted by atomic mass is 10.2. The monoisotopic (exact) mass is 455 g/mol. The van der Waals surface area contributed by atoms with E-state index < -0.39 is 14.9 Å². The number of nitrogens with zero attached hydrogens (tertiary/aromatic N) is 2. The van der Waals surface area contributed by atoms with Crippen LogP contribution in [0.1, 0.15) is 16.7 Å². The Morgan fingerprint density at radius 2 is 1.81 bits per heavy atom. The van der Waals surface area contributed by atoms with Gasteiger partial charge in [-0.1, -0.05) is 36.4 Å². The van der Waals surface area contributed by atoms with Crippen LogP contribution in [0.3, 0.4) is 0 Å². The van der Waals surface area contributed by atoms with Gasteiger partial charge in [0.25, 0.3) is 15.7 Å². The predicted molar refractivity (Wildman–Crippen MR) is 120 cm³/mol. The summed E-state index contributed by atoms with van der Waals surface area (Å²) in [5.74, 6) is 0.989. The van der Waals surface area contributed by atoms with Gasteiger partial charge in [0.05, 0.1) is 23.1 Å². The Kier molecular flexibility index (Phi) is 7.06. The van der Waals surface area contributed by atoms with Crippen LogP contribution in [0.2, 0.25) is 0 Å². The summed E-state index contributed by atoms with van der Waals surface area (Å²) in [7, 11) is -2.56. The first kappa shape index (κ1) is 22.8. The summed E-state index contributed by atoms with van der Waals surface area (Å²) in [6.45, 7) is 1.86. The molecule has 0 aliphatic heterocycles. The molecule has 0 aromatic heterocycles. The summed E-state index contributed by atoms with van der Waals surface area (Å²) < 4.78 is 36.0. The summed E-state index contributed by atoms with van der Waals surface area (Å²) in [6.07, 6.45) is 1.30. The van der Waals surface area contributed by atoms with Crippen molar-refractivity contribution in [2.75, 3.05) is 7.11 Å². The highest BCUT2D eigenvalue weighted by molar-refractivity contribution is 7.89. The molecular weight excluding hydrogens is 434 g/mol. The zero-order valence-electron chi connectivity index (χ0n) is 17.4. The Hall–Kier alpha value is -3.92. The lowest BCUT2D eigenvalue weighted by molar-refractivity contribution is -0.385. The van der Waals surface area contributed by atoms with Crippen LogP contribution in [0, 0.1) is 17.0 Å². The van der Waals surface area contributed by atoms with Crippen LogP contribution < -0.4 is 14.3 Å². The molecule has 3 rings (SSSR count). The van der Waals surface area contributed by atoms with Gasteiger partial charge in [-0.05, 0) is 42.3 Å². The molecule has 0 amide bonds. The van der Waals surface area contributed by atoms with Gasteiger partial charge in [0.15, 0.2) is 11.5 Å². The molecule has 3 aromatic rings. The molecule has 0 atom stereocenters. The molecule has 1 N–H and O–H groups in total. The smallest absolute Gasteiger partial charge is 0.276 e. The third-order valence-electron chi connectivity index (χ3n) is 4.50. The highest BCUT2D eigenvalue weighted by atomic mass is 32.2. The maximum Gasteiger partial charge on any atom is 0.276 e. The van der Waals surface area contributed by atoms with Crippen molar-refractivity contribution in [1.29, 1.82) is 0 Å². The number of hydrogen-bond acceptors (Lipinski definition) is 7. The lowest BCUT2D eigenvalue weighted by Gasteiger charge is -2.11. The Balaban J connectivity index is 1.74. The molecule has 0 bridgehead atoms. The highest BCUT2D eigenvalue weighted by Crippen LogP contribution is 2.28. The normalized spacial score (nSPS) is 11.3. The van der Waals surface area contributed by atoms with Crippen LogP contribution in [0.15, 0.2) is 76.7 Å². The van der Waals surface area contributed by atoms with Crippen LogP contribution in [0.25, 0.3) is 0 Å². The second kappa shape index (κ2) is 9.92. The molecule has 166 valence electrons. The third-order valence-corrected chi connectivity index (χ3v) is 5.72. The molecule has 0 spiro atoms. The van der Waals surface area contributed by atoms with E-state index in [-0.39, 0.29) is 10.6 Å². The first-order valence-corrected chi connectivity index (χ1v) is 10.9. The van der Waals surface area contributed by atoms with Crippen molar-refractivity contribution in [2.24, 2.45) is 5.10 Å². The van der Waals surface area contributed by atoms with Gasteiger partial charge in [0.1, 0.15) is 6.61 Å². The molecule has 0 unspecified atom stereocenters. The van der Waals surface area contributed by atoms with E-state index >= 15 is 0 Å². The van der Waals surface area contributed by atoms with Gasteiger partial charge < -0.3 is 9.47 Å². The largest absolute Gasteiger partial charge is 0.493 e. The van der Waals surface area contributed by atoms with Gasteiger partial charge in [0, 0.05) is 11.6 Å². The van der Waals surface area contributed by atoms with Crippen molar-refractivity contribution in [3.05, 3.63) is 93.5 Å². The number of ether oxygens (including phenoxy) is 2. The number of aryl methyl sites for hydroxylation is 1. The number of nitro groups is 1. The number of nitrogens with one attached hydrogen (secondary N) is 1. The number of methoxy groups -OCH3 is 1. The van der Waals surface area contributed by atoms with E-state index in [4.69, 9.17) is 9.47 Å². The van der Waals surface area contributed by atoms with E-state index in [0.717, 1.165) is 11.6 Å². The van der Waals surface area contributed by atoms with Crippen molar-refractivity contribution < 1.29 is 22.8 Å². The topological polar surface area (TPSA) is 120 Å². The molecule has 0 saturated heterocycles. The fraction of sp³-hybridized carbons (Fsp3) is 0.136. The van der Waals surface area contributed by atoms with Gasteiger partial charge >= 0.3 is 0 Å². The number of rotatable bonds is 9. The van der Waals surface area contributed by atoms with Crippen molar-refractivity contribution in [2.45, 2.75) is 18.4 Å². The minimum Gasteiger partial charge on any atom is -0.493 e. The van der Waals surface area contributed by atoms with Crippen LogP contribution in [-0.4, -0.2) is 26.7 Å². The van der Waals surface area contributed by atoms with E-state index in [0.29, 0.717) is 29.2 Å². The first-order valence-electron chi connectivity index (χ1n) is 9.45. The Bertz CT molecular complexity index is 1240. The summed E-state index contributed by atoms with van der Waals surface area (Å²) in [6, 6.07) is 18.3. The van der Waals surface area contributed by atoms with Crippen molar-refractivity contribution >= 4 is 21.9 Å². The standard InChI is InChI=1S/C22H21N3O6S/c1-16-8-10-19(13-20(16)25(26)27)32(28,29)24-23-14-18-9-11-21(30-2)22(12-18)31-15-17-6-4-3-5-7-17/h3-14,24H,15H2,1-2H3. The van der Waals surface area contributed by atoms with Crippen LogP contribution in [0.5, 0.6) is 11.5 Å². The fourth-order valence-electron chi connectivity index (χ4n) is 2.80.